The van der Waals surface area contributed by atoms with Crippen LogP contribution in [0.15, 0.2) is 29.3 Å². The van der Waals surface area contributed by atoms with E-state index < -0.39 is 0 Å². The Morgan fingerprint density at radius 1 is 1.19 bits per heavy atom. The van der Waals surface area contributed by atoms with Gasteiger partial charge in [-0.05, 0) is 56.9 Å². The van der Waals surface area contributed by atoms with Crippen molar-refractivity contribution in [1.82, 2.24) is 10.2 Å². The number of para-hydroxylation sites is 1. The van der Waals surface area contributed by atoms with Crippen molar-refractivity contribution >= 4 is 5.96 Å². The molecular formula is C22H35N3O2. The van der Waals surface area contributed by atoms with E-state index in [0.29, 0.717) is 6.54 Å². The molecule has 1 aromatic rings. The van der Waals surface area contributed by atoms with Crippen LogP contribution in [0.1, 0.15) is 44.6 Å². The molecule has 0 radical (unpaired) electrons. The maximum atomic E-state index is 6.03. The van der Waals surface area contributed by atoms with Gasteiger partial charge in [-0.2, -0.15) is 0 Å². The Morgan fingerprint density at radius 3 is 2.70 bits per heavy atom. The first-order valence-corrected chi connectivity index (χ1v) is 10.5. The first-order chi connectivity index (χ1) is 13.3. The first-order valence-electron chi connectivity index (χ1n) is 10.5. The lowest BCUT2D eigenvalue weighted by Gasteiger charge is -2.27. The minimum absolute atomic E-state index is 0.644. The molecule has 1 N–H and O–H groups in total. The fraction of sp³-hybridized carbons (Fsp3) is 0.682. The zero-order valence-electron chi connectivity index (χ0n) is 17.0. The quantitative estimate of drug-likeness (QED) is 0.530. The van der Waals surface area contributed by atoms with Crippen LogP contribution < -0.4 is 10.1 Å². The van der Waals surface area contributed by atoms with Crippen LogP contribution in [-0.4, -0.2) is 50.8 Å². The second-order valence-electron chi connectivity index (χ2n) is 7.80. The van der Waals surface area contributed by atoms with Crippen molar-refractivity contribution < 1.29 is 9.47 Å². The van der Waals surface area contributed by atoms with E-state index in [1.54, 1.807) is 0 Å². The summed E-state index contributed by atoms with van der Waals surface area (Å²) in [4.78, 5) is 7.13. The molecule has 150 valence electrons. The number of aliphatic imine (C=N–C) groups is 1. The van der Waals surface area contributed by atoms with Crippen LogP contribution in [0.5, 0.6) is 5.75 Å². The van der Waals surface area contributed by atoms with Gasteiger partial charge < -0.3 is 19.7 Å². The van der Waals surface area contributed by atoms with E-state index in [9.17, 15) is 0 Å². The van der Waals surface area contributed by atoms with E-state index in [4.69, 9.17) is 14.5 Å². The van der Waals surface area contributed by atoms with E-state index in [0.717, 1.165) is 62.0 Å². The van der Waals surface area contributed by atoms with Gasteiger partial charge in [-0.15, -0.1) is 0 Å². The number of rotatable bonds is 9. The van der Waals surface area contributed by atoms with E-state index in [1.165, 1.54) is 32.1 Å². The van der Waals surface area contributed by atoms with Crippen LogP contribution in [-0.2, 0) is 11.3 Å². The molecule has 1 saturated carbocycles. The summed E-state index contributed by atoms with van der Waals surface area (Å²) < 4.78 is 11.5. The summed E-state index contributed by atoms with van der Waals surface area (Å²) in [6.45, 7) is 7.34. The molecular weight excluding hydrogens is 338 g/mol. The first kappa shape index (κ1) is 20.0. The fourth-order valence-corrected chi connectivity index (χ4v) is 3.41. The summed E-state index contributed by atoms with van der Waals surface area (Å²) in [5.74, 6) is 3.49. The Labute approximate surface area is 164 Å². The predicted molar refractivity (Wildman–Crippen MR) is 110 cm³/mol. The number of ether oxygens (including phenoxy) is 2. The van der Waals surface area contributed by atoms with Crippen molar-refractivity contribution in [2.45, 2.75) is 45.6 Å². The van der Waals surface area contributed by atoms with Gasteiger partial charge in [0.15, 0.2) is 5.96 Å². The third kappa shape index (κ3) is 6.73. The normalized spacial score (nSPS) is 18.4. The average Bonchev–Trinajstić information content (AvgIpc) is 3.53. The molecule has 1 aliphatic heterocycles. The van der Waals surface area contributed by atoms with Crippen LogP contribution in [0.3, 0.4) is 0 Å². The molecule has 27 heavy (non-hydrogen) atoms. The maximum absolute atomic E-state index is 6.03. The molecule has 0 spiro atoms. The highest BCUT2D eigenvalue weighted by Gasteiger charge is 2.22. The highest BCUT2D eigenvalue weighted by atomic mass is 16.5. The van der Waals surface area contributed by atoms with Gasteiger partial charge in [-0.25, -0.2) is 4.99 Å². The van der Waals surface area contributed by atoms with Crippen LogP contribution in [0.25, 0.3) is 0 Å². The molecule has 2 fully saturated rings. The van der Waals surface area contributed by atoms with Crippen molar-refractivity contribution in [1.29, 1.82) is 0 Å². The highest BCUT2D eigenvalue weighted by Crippen LogP contribution is 2.30. The van der Waals surface area contributed by atoms with Gasteiger partial charge in [-0.1, -0.05) is 18.2 Å². The van der Waals surface area contributed by atoms with E-state index in [-0.39, 0.29) is 0 Å². The Hall–Kier alpha value is -1.75. The average molecular weight is 374 g/mol. The Morgan fingerprint density at radius 2 is 1.96 bits per heavy atom. The van der Waals surface area contributed by atoms with Crippen molar-refractivity contribution in [2.75, 3.05) is 40.0 Å². The summed E-state index contributed by atoms with van der Waals surface area (Å²) in [6.07, 6.45) is 6.19. The van der Waals surface area contributed by atoms with Crippen molar-refractivity contribution in [3.63, 3.8) is 0 Å². The molecule has 0 aromatic heterocycles. The fourth-order valence-electron chi connectivity index (χ4n) is 3.41. The zero-order chi connectivity index (χ0) is 18.9. The number of benzene rings is 1. The Balaban J connectivity index is 1.55. The topological polar surface area (TPSA) is 46.1 Å². The van der Waals surface area contributed by atoms with E-state index in [2.05, 4.69) is 42.4 Å². The summed E-state index contributed by atoms with van der Waals surface area (Å²) in [5, 5.41) is 3.43. The molecule has 0 unspecified atom stereocenters. The lowest BCUT2D eigenvalue weighted by molar-refractivity contribution is 0.0625. The minimum atomic E-state index is 0.644. The molecule has 0 bridgehead atoms. The van der Waals surface area contributed by atoms with Gasteiger partial charge in [0.1, 0.15) is 5.75 Å². The van der Waals surface area contributed by atoms with Gasteiger partial charge in [0.2, 0.25) is 0 Å². The third-order valence-electron chi connectivity index (χ3n) is 5.45. The molecule has 0 atom stereocenters. The lowest BCUT2D eigenvalue weighted by Crippen LogP contribution is -2.40. The monoisotopic (exact) mass is 373 g/mol. The van der Waals surface area contributed by atoms with Crippen LogP contribution in [0.2, 0.25) is 0 Å². The van der Waals surface area contributed by atoms with Crippen LogP contribution in [0, 0.1) is 11.8 Å². The summed E-state index contributed by atoms with van der Waals surface area (Å²) >= 11 is 0. The summed E-state index contributed by atoms with van der Waals surface area (Å²) in [7, 11) is 2.14. The van der Waals surface area contributed by atoms with E-state index in [1.807, 2.05) is 6.07 Å². The summed E-state index contributed by atoms with van der Waals surface area (Å²) in [6, 6.07) is 8.30. The number of hydrogen-bond donors (Lipinski definition) is 1. The number of nitrogens with zero attached hydrogens (tertiary/aromatic N) is 2. The molecule has 5 heteroatoms. The van der Waals surface area contributed by atoms with Crippen molar-refractivity contribution in [3.8, 4) is 5.75 Å². The van der Waals surface area contributed by atoms with Gasteiger partial charge in [-0.3, -0.25) is 0 Å². The van der Waals surface area contributed by atoms with Crippen molar-refractivity contribution in [2.24, 2.45) is 16.8 Å². The molecule has 2 aliphatic rings. The van der Waals surface area contributed by atoms with Crippen LogP contribution >= 0.6 is 0 Å². The van der Waals surface area contributed by atoms with Gasteiger partial charge in [0.05, 0.1) is 13.2 Å². The Kier molecular flexibility index (Phi) is 7.81. The zero-order valence-corrected chi connectivity index (χ0v) is 17.0. The molecule has 1 heterocycles. The van der Waals surface area contributed by atoms with Crippen molar-refractivity contribution in [3.05, 3.63) is 29.8 Å². The largest absolute Gasteiger partial charge is 0.493 e. The third-order valence-corrected chi connectivity index (χ3v) is 5.45. The molecule has 3 rings (SSSR count). The van der Waals surface area contributed by atoms with E-state index >= 15 is 0 Å². The minimum Gasteiger partial charge on any atom is -0.493 e. The van der Waals surface area contributed by atoms with Gasteiger partial charge >= 0.3 is 0 Å². The molecule has 1 aromatic carbocycles. The maximum Gasteiger partial charge on any atom is 0.193 e. The highest BCUT2D eigenvalue weighted by molar-refractivity contribution is 5.79. The van der Waals surface area contributed by atoms with Gasteiger partial charge in [0, 0.05) is 38.9 Å². The molecule has 5 nitrogen and oxygen atoms in total. The Bertz CT molecular complexity index is 595. The second kappa shape index (κ2) is 10.5. The summed E-state index contributed by atoms with van der Waals surface area (Å²) in [5.41, 5.74) is 1.16. The number of hydrogen-bond acceptors (Lipinski definition) is 3. The lowest BCUT2D eigenvalue weighted by atomic mass is 9.96. The number of guanidine groups is 1. The standard InChI is InChI=1S/C22H35N3O2/c1-3-23-22(25(2)13-10-18-11-14-26-15-12-18)24-16-20-6-4-5-7-21(20)27-17-19-8-9-19/h4-7,18-19H,3,8-17H2,1-2H3,(H,23,24). The number of nitrogens with one attached hydrogen (secondary N) is 1. The second-order valence-corrected chi connectivity index (χ2v) is 7.80. The predicted octanol–water partition coefficient (Wildman–Crippen LogP) is 3.69. The van der Waals surface area contributed by atoms with Gasteiger partial charge in [0.25, 0.3) is 0 Å². The molecule has 0 amide bonds. The molecule has 1 aliphatic carbocycles. The SMILES string of the molecule is CCNC(=NCc1ccccc1OCC1CC1)N(C)CCC1CCOCC1. The molecule has 1 saturated heterocycles. The smallest absolute Gasteiger partial charge is 0.193 e. The van der Waals surface area contributed by atoms with Crippen LogP contribution in [0.4, 0.5) is 0 Å².